The standard InChI is InChI=1S/Al.Ca.2H3O4P.Si.W.2H/c;;2*1-5(2,3)4;;;;/h;;2*(H3,1,2,3,4);;;;/q;+2;;;;;2*-1/p-6. The fraction of sp³-hybridized carbons (Fsp3) is 0. The molecule has 0 spiro atoms. The molecule has 81 valence electrons. The number of hydrogen-bond donors (Lipinski definition) is 0. The summed E-state index contributed by atoms with van der Waals surface area (Å²) in [7, 11) is -10.8. The maximum atomic E-state index is 8.55. The van der Waals surface area contributed by atoms with E-state index in [0.717, 1.165) is 0 Å². The van der Waals surface area contributed by atoms with Crippen molar-refractivity contribution >= 4 is 81.7 Å². The molecule has 14 heteroatoms. The van der Waals surface area contributed by atoms with Gasteiger partial charge in [-0.05, 0) is 0 Å². The molecule has 0 saturated heterocycles. The minimum Gasteiger partial charge on any atom is -1.00 e. The second-order valence-electron chi connectivity index (χ2n) is 0.894. The van der Waals surface area contributed by atoms with Crippen LogP contribution in [0.4, 0.5) is 0 Å². The molecule has 0 aromatic heterocycles. The quantitative estimate of drug-likeness (QED) is 0.248. The Balaban J connectivity index is -0.00000000970. The Labute approximate surface area is 142 Å². The largest absolute Gasteiger partial charge is 2.00 e. The average molecular weight is 471 g/mol. The molecule has 0 fully saturated rings. The molecule has 0 aromatic carbocycles. The van der Waals surface area contributed by atoms with Gasteiger partial charge in [0.2, 0.25) is 0 Å². The van der Waals surface area contributed by atoms with Crippen LogP contribution in [0.2, 0.25) is 0 Å². The molecule has 0 aliphatic heterocycles. The summed E-state index contributed by atoms with van der Waals surface area (Å²) in [5.41, 5.74) is 0. The van der Waals surface area contributed by atoms with Gasteiger partial charge < -0.3 is 41.3 Å². The number of rotatable bonds is 0. The van der Waals surface area contributed by atoms with E-state index < -0.39 is 15.6 Å². The van der Waals surface area contributed by atoms with E-state index in [1.807, 2.05) is 0 Å². The van der Waals surface area contributed by atoms with Gasteiger partial charge in [-0.25, -0.2) is 0 Å². The second kappa shape index (κ2) is 15.9. The van der Waals surface area contributed by atoms with Crippen LogP contribution in [0.15, 0.2) is 0 Å². The van der Waals surface area contributed by atoms with Crippen molar-refractivity contribution in [2.75, 3.05) is 0 Å². The van der Waals surface area contributed by atoms with E-state index in [1.165, 1.54) is 0 Å². The average Bonchev–Trinajstić information content (AvgIpc) is 1.12. The van der Waals surface area contributed by atoms with Gasteiger partial charge in [0.25, 0.3) is 0 Å². The van der Waals surface area contributed by atoms with Gasteiger partial charge in [-0.15, -0.1) is 0 Å². The molecule has 8 nitrogen and oxygen atoms in total. The molecular formula is H2AlCaO8P2SiW-6. The minimum atomic E-state index is -5.39. The van der Waals surface area contributed by atoms with Crippen molar-refractivity contribution in [3.05, 3.63) is 0 Å². The zero-order valence-corrected chi connectivity index (χ0v) is 15.4. The van der Waals surface area contributed by atoms with Gasteiger partial charge in [0.05, 0.1) is 0 Å². The van der Waals surface area contributed by atoms with E-state index in [9.17, 15) is 0 Å². The first-order valence-electron chi connectivity index (χ1n) is 1.46. The molecular weight excluding hydrogens is 469 g/mol. The Kier molecular flexibility index (Phi) is 40.9. The number of phosphoric acid groups is 2. The third-order valence-corrected chi connectivity index (χ3v) is 0. The maximum Gasteiger partial charge on any atom is 2.00 e. The van der Waals surface area contributed by atoms with Crippen molar-refractivity contribution in [3.63, 3.8) is 0 Å². The van der Waals surface area contributed by atoms with E-state index in [1.54, 1.807) is 0 Å². The Morgan fingerprint density at radius 2 is 0.786 bits per heavy atom. The molecule has 0 N–H and O–H groups in total. The van der Waals surface area contributed by atoms with E-state index in [2.05, 4.69) is 0 Å². The van der Waals surface area contributed by atoms with E-state index in [0.29, 0.717) is 0 Å². The summed E-state index contributed by atoms with van der Waals surface area (Å²) in [6, 6.07) is 0. The molecule has 0 aliphatic rings. The molecule has 0 atom stereocenters. The third-order valence-electron chi connectivity index (χ3n) is 0. The summed E-state index contributed by atoms with van der Waals surface area (Å²) in [5.74, 6) is 0. The van der Waals surface area contributed by atoms with Crippen LogP contribution >= 0.6 is 15.6 Å². The molecule has 0 aliphatic carbocycles. The van der Waals surface area contributed by atoms with Crippen molar-refractivity contribution < 1.29 is 62.4 Å². The first kappa shape index (κ1) is 36.0. The van der Waals surface area contributed by atoms with Crippen LogP contribution in [-0.2, 0) is 30.2 Å². The normalized spacial score (nSPS) is 8.43. The summed E-state index contributed by atoms with van der Waals surface area (Å²) in [6.45, 7) is 0. The van der Waals surface area contributed by atoms with Gasteiger partial charge in [0.1, 0.15) is 0 Å². The van der Waals surface area contributed by atoms with Crippen molar-refractivity contribution in [2.24, 2.45) is 0 Å². The van der Waals surface area contributed by atoms with Gasteiger partial charge in [0.15, 0.2) is 0 Å². The fourth-order valence-electron chi connectivity index (χ4n) is 0. The summed E-state index contributed by atoms with van der Waals surface area (Å²) in [6.07, 6.45) is 0. The number of hydrogen-bond acceptors (Lipinski definition) is 8. The van der Waals surface area contributed by atoms with Crippen molar-refractivity contribution in [1.82, 2.24) is 0 Å². The molecule has 0 rings (SSSR count). The van der Waals surface area contributed by atoms with Gasteiger partial charge in [0, 0.05) is 49.4 Å². The second-order valence-corrected chi connectivity index (χ2v) is 2.68. The Hall–Kier alpha value is 2.92. The zero-order valence-electron chi connectivity index (χ0n) is 8.35. The summed E-state index contributed by atoms with van der Waals surface area (Å²) in [5, 5.41) is 0. The molecule has 14 heavy (non-hydrogen) atoms. The van der Waals surface area contributed by atoms with Crippen LogP contribution in [0, 0.1) is 0 Å². The Morgan fingerprint density at radius 3 is 0.786 bits per heavy atom. The van der Waals surface area contributed by atoms with Gasteiger partial charge >= 0.3 is 37.7 Å². The third kappa shape index (κ3) is 339. The first-order valence-corrected chi connectivity index (χ1v) is 4.38. The van der Waals surface area contributed by atoms with Gasteiger partial charge in [-0.1, -0.05) is 0 Å². The smallest absolute Gasteiger partial charge is 1.00 e. The van der Waals surface area contributed by atoms with Gasteiger partial charge in [-0.3, -0.25) is 0 Å². The Morgan fingerprint density at radius 1 is 0.786 bits per heavy atom. The van der Waals surface area contributed by atoms with Gasteiger partial charge in [-0.2, -0.15) is 15.6 Å². The van der Waals surface area contributed by atoms with Crippen molar-refractivity contribution in [3.8, 4) is 0 Å². The topological polar surface area (TPSA) is 172 Å². The van der Waals surface area contributed by atoms with Crippen molar-refractivity contribution in [2.45, 2.75) is 0 Å². The van der Waals surface area contributed by atoms with Crippen LogP contribution in [0.5, 0.6) is 0 Å². The summed E-state index contributed by atoms with van der Waals surface area (Å²) >= 11 is 0. The zero-order chi connectivity index (χ0) is 9.00. The summed E-state index contributed by atoms with van der Waals surface area (Å²) < 4.78 is 17.1. The van der Waals surface area contributed by atoms with Crippen LogP contribution in [0.1, 0.15) is 2.85 Å². The fourth-order valence-corrected chi connectivity index (χ4v) is 0. The van der Waals surface area contributed by atoms with Crippen LogP contribution in [0.25, 0.3) is 0 Å². The van der Waals surface area contributed by atoms with E-state index in [4.69, 9.17) is 38.5 Å². The van der Waals surface area contributed by atoms with Crippen molar-refractivity contribution in [1.29, 1.82) is 0 Å². The first-order chi connectivity index (χ1) is 4.00. The molecule has 0 bridgehead atoms. The molecule has 0 saturated carbocycles. The predicted molar refractivity (Wildman–Crippen MR) is 34.7 cm³/mol. The molecule has 0 unspecified atom stereocenters. The molecule has 7 radical (unpaired) electrons. The predicted octanol–water partition coefficient (Wildman–Crippen LogP) is -6.57. The minimum absolute atomic E-state index is 0. The van der Waals surface area contributed by atoms with Crippen LogP contribution < -0.4 is 29.4 Å². The van der Waals surface area contributed by atoms with E-state index >= 15 is 0 Å². The summed E-state index contributed by atoms with van der Waals surface area (Å²) in [4.78, 5) is 51.3. The Bertz CT molecular complexity index is 148. The SMILES string of the molecule is O=P([O-])([O-])[O-].O=P([O-])([O-])[O-].[Al].[Ca+2].[H-].[H-].[Si].[W]. The maximum absolute atomic E-state index is 8.55. The molecule has 0 heterocycles. The van der Waals surface area contributed by atoms with Crippen LogP contribution in [0.3, 0.4) is 0 Å². The monoisotopic (exact) mass is 471 g/mol. The van der Waals surface area contributed by atoms with Crippen LogP contribution in [-0.4, -0.2) is 66.1 Å². The molecule has 0 amide bonds. The molecule has 0 aromatic rings. The van der Waals surface area contributed by atoms with E-state index in [-0.39, 0.29) is 90.0 Å².